The van der Waals surface area contributed by atoms with Crippen molar-refractivity contribution in [1.29, 1.82) is 0 Å². The number of rotatable bonds is 5. The Kier molecular flexibility index (Phi) is 3.90. The molecule has 1 aliphatic rings. The van der Waals surface area contributed by atoms with Crippen molar-refractivity contribution in [3.05, 3.63) is 41.5 Å². The minimum atomic E-state index is 0.532. The Hall–Kier alpha value is -2.47. The summed E-state index contributed by atoms with van der Waals surface area (Å²) in [6.45, 7) is 2.02. The summed E-state index contributed by atoms with van der Waals surface area (Å²) in [4.78, 5) is 14.8. The summed E-state index contributed by atoms with van der Waals surface area (Å²) in [7, 11) is 1.67. The minimum Gasteiger partial charge on any atom is -0.497 e. The van der Waals surface area contributed by atoms with Gasteiger partial charge in [-0.1, -0.05) is 0 Å². The van der Waals surface area contributed by atoms with Crippen LogP contribution in [0, 0.1) is 6.92 Å². The third-order valence-corrected chi connectivity index (χ3v) is 4.89. The topological polar surface area (TPSA) is 59.9 Å². The van der Waals surface area contributed by atoms with Crippen molar-refractivity contribution >= 4 is 17.3 Å². The average Bonchev–Trinajstić information content (AvgIpc) is 3.34. The molecule has 3 aromatic rings. The predicted octanol–water partition coefficient (Wildman–Crippen LogP) is 4.16. The van der Waals surface area contributed by atoms with Gasteiger partial charge in [0.1, 0.15) is 5.75 Å². The first-order valence-corrected chi connectivity index (χ1v) is 8.76. The van der Waals surface area contributed by atoms with E-state index < -0.39 is 0 Å². The fourth-order valence-electron chi connectivity index (χ4n) is 2.51. The molecular weight excluding hydrogens is 320 g/mol. The Morgan fingerprint density at radius 2 is 1.92 bits per heavy atom. The van der Waals surface area contributed by atoms with E-state index in [0.717, 1.165) is 32.6 Å². The lowest BCUT2D eigenvalue weighted by Gasteiger charge is -2.06. The predicted molar refractivity (Wildman–Crippen MR) is 96.5 cm³/mol. The van der Waals surface area contributed by atoms with Gasteiger partial charge >= 0.3 is 0 Å². The van der Waals surface area contributed by atoms with Gasteiger partial charge in [-0.2, -0.15) is 0 Å². The van der Waals surface area contributed by atoms with Crippen LogP contribution in [0.3, 0.4) is 0 Å². The number of aryl methyl sites for hydroxylation is 1. The lowest BCUT2D eigenvalue weighted by molar-refractivity contribution is 0.415. The number of anilines is 1. The van der Waals surface area contributed by atoms with E-state index in [1.54, 1.807) is 24.6 Å². The average molecular weight is 338 g/mol. The van der Waals surface area contributed by atoms with Gasteiger partial charge in [0, 0.05) is 17.8 Å². The quantitative estimate of drug-likeness (QED) is 0.757. The van der Waals surface area contributed by atoms with Crippen LogP contribution in [0.1, 0.15) is 17.8 Å². The summed E-state index contributed by atoms with van der Waals surface area (Å²) in [5.41, 5.74) is 2.92. The number of methoxy groups -OCH3 is 1. The van der Waals surface area contributed by atoms with Crippen LogP contribution in [0.5, 0.6) is 5.75 Å². The van der Waals surface area contributed by atoms with Gasteiger partial charge in [0.05, 0.1) is 28.4 Å². The normalized spacial score (nSPS) is 13.8. The molecule has 122 valence electrons. The highest BCUT2D eigenvalue weighted by atomic mass is 32.1. The number of benzene rings is 1. The fraction of sp³-hybridized carbons (Fsp3) is 0.278. The van der Waals surface area contributed by atoms with E-state index in [2.05, 4.69) is 15.3 Å². The molecular formula is C18H18N4OS. The standard InChI is InChI=1S/C18H18N4OS/c1-11-20-16(12-3-7-14(23-2)8-4-12)17(24-11)15-9-10-19-18(22-15)21-13-5-6-13/h3-4,7-10,13H,5-6H2,1-2H3,(H,19,21,22). The Bertz CT molecular complexity index is 856. The first-order chi connectivity index (χ1) is 11.7. The molecule has 0 amide bonds. The smallest absolute Gasteiger partial charge is 0.223 e. The Labute approximate surface area is 144 Å². The first-order valence-electron chi connectivity index (χ1n) is 7.95. The third-order valence-electron chi connectivity index (χ3n) is 3.90. The van der Waals surface area contributed by atoms with Crippen molar-refractivity contribution in [3.8, 4) is 27.6 Å². The van der Waals surface area contributed by atoms with E-state index in [0.29, 0.717) is 12.0 Å². The van der Waals surface area contributed by atoms with Crippen LogP contribution in [0.25, 0.3) is 21.8 Å². The molecule has 4 rings (SSSR count). The zero-order valence-corrected chi connectivity index (χ0v) is 14.4. The molecule has 1 aromatic carbocycles. The molecule has 1 fully saturated rings. The maximum absolute atomic E-state index is 5.24. The molecule has 0 saturated heterocycles. The molecule has 2 aromatic heterocycles. The van der Waals surface area contributed by atoms with Gasteiger partial charge in [-0.05, 0) is 50.1 Å². The summed E-state index contributed by atoms with van der Waals surface area (Å²) in [5, 5.41) is 4.37. The lowest BCUT2D eigenvalue weighted by atomic mass is 10.1. The number of hydrogen-bond donors (Lipinski definition) is 1. The summed E-state index contributed by atoms with van der Waals surface area (Å²) >= 11 is 1.66. The molecule has 0 radical (unpaired) electrons. The largest absolute Gasteiger partial charge is 0.497 e. The molecule has 0 spiro atoms. The summed E-state index contributed by atoms with van der Waals surface area (Å²) < 4.78 is 5.24. The van der Waals surface area contributed by atoms with E-state index in [1.165, 1.54) is 12.8 Å². The minimum absolute atomic E-state index is 0.532. The van der Waals surface area contributed by atoms with Crippen LogP contribution in [0.2, 0.25) is 0 Å². The van der Waals surface area contributed by atoms with Gasteiger partial charge in [0.25, 0.3) is 0 Å². The van der Waals surface area contributed by atoms with Crippen LogP contribution in [-0.4, -0.2) is 28.1 Å². The molecule has 0 bridgehead atoms. The van der Waals surface area contributed by atoms with Crippen molar-refractivity contribution < 1.29 is 4.74 Å². The number of ether oxygens (including phenoxy) is 1. The number of nitrogens with zero attached hydrogens (tertiary/aromatic N) is 3. The van der Waals surface area contributed by atoms with E-state index in [9.17, 15) is 0 Å². The maximum atomic E-state index is 5.24. The molecule has 1 saturated carbocycles. The number of thiazole rings is 1. The molecule has 24 heavy (non-hydrogen) atoms. The van der Waals surface area contributed by atoms with E-state index in [1.807, 2.05) is 37.3 Å². The Balaban J connectivity index is 1.72. The van der Waals surface area contributed by atoms with Crippen LogP contribution in [0.4, 0.5) is 5.95 Å². The highest BCUT2D eigenvalue weighted by molar-refractivity contribution is 7.15. The molecule has 0 atom stereocenters. The van der Waals surface area contributed by atoms with Gasteiger partial charge in [-0.25, -0.2) is 15.0 Å². The second kappa shape index (κ2) is 6.20. The van der Waals surface area contributed by atoms with Crippen LogP contribution >= 0.6 is 11.3 Å². The molecule has 0 unspecified atom stereocenters. The van der Waals surface area contributed by atoms with Crippen LogP contribution < -0.4 is 10.1 Å². The van der Waals surface area contributed by atoms with Crippen molar-refractivity contribution in [2.75, 3.05) is 12.4 Å². The third kappa shape index (κ3) is 3.10. The first kappa shape index (κ1) is 15.1. The SMILES string of the molecule is COc1ccc(-c2nc(C)sc2-c2ccnc(NC3CC3)n2)cc1. The monoisotopic (exact) mass is 338 g/mol. The fourth-order valence-corrected chi connectivity index (χ4v) is 3.42. The molecule has 1 N–H and O–H groups in total. The maximum Gasteiger partial charge on any atom is 0.223 e. The second-order valence-electron chi connectivity index (χ2n) is 5.82. The zero-order chi connectivity index (χ0) is 16.5. The van der Waals surface area contributed by atoms with Crippen molar-refractivity contribution in [3.63, 3.8) is 0 Å². The van der Waals surface area contributed by atoms with Gasteiger partial charge in [0.15, 0.2) is 0 Å². The Morgan fingerprint density at radius 1 is 1.12 bits per heavy atom. The summed E-state index contributed by atoms with van der Waals surface area (Å²) in [6.07, 6.45) is 4.20. The van der Waals surface area contributed by atoms with Crippen molar-refractivity contribution in [2.24, 2.45) is 0 Å². The van der Waals surface area contributed by atoms with Crippen LogP contribution in [-0.2, 0) is 0 Å². The summed E-state index contributed by atoms with van der Waals surface area (Å²) in [6, 6.07) is 10.4. The summed E-state index contributed by atoms with van der Waals surface area (Å²) in [5.74, 6) is 1.53. The lowest BCUT2D eigenvalue weighted by Crippen LogP contribution is -2.05. The highest BCUT2D eigenvalue weighted by Gasteiger charge is 2.22. The molecule has 6 heteroatoms. The molecule has 2 heterocycles. The molecule has 5 nitrogen and oxygen atoms in total. The van der Waals surface area contributed by atoms with Gasteiger partial charge in [0.2, 0.25) is 5.95 Å². The zero-order valence-electron chi connectivity index (χ0n) is 13.6. The van der Waals surface area contributed by atoms with Gasteiger partial charge in [-0.15, -0.1) is 11.3 Å². The highest BCUT2D eigenvalue weighted by Crippen LogP contribution is 2.36. The van der Waals surface area contributed by atoms with E-state index >= 15 is 0 Å². The number of nitrogens with one attached hydrogen (secondary N) is 1. The number of aromatic nitrogens is 3. The second-order valence-corrected chi connectivity index (χ2v) is 7.03. The van der Waals surface area contributed by atoms with Gasteiger partial charge in [-0.3, -0.25) is 0 Å². The van der Waals surface area contributed by atoms with Crippen LogP contribution in [0.15, 0.2) is 36.5 Å². The van der Waals surface area contributed by atoms with Crippen molar-refractivity contribution in [2.45, 2.75) is 25.8 Å². The van der Waals surface area contributed by atoms with E-state index in [-0.39, 0.29) is 0 Å². The molecule has 1 aliphatic carbocycles. The number of hydrogen-bond acceptors (Lipinski definition) is 6. The Morgan fingerprint density at radius 3 is 2.62 bits per heavy atom. The van der Waals surface area contributed by atoms with Crippen molar-refractivity contribution in [1.82, 2.24) is 15.0 Å². The van der Waals surface area contributed by atoms with E-state index in [4.69, 9.17) is 9.72 Å². The molecule has 0 aliphatic heterocycles. The van der Waals surface area contributed by atoms with Gasteiger partial charge < -0.3 is 10.1 Å².